The number of nitrogens with zero attached hydrogens (tertiary/aromatic N) is 3. The lowest BCUT2D eigenvalue weighted by Crippen LogP contribution is -2.37. The van der Waals surface area contributed by atoms with Gasteiger partial charge in [0.25, 0.3) is 5.69 Å². The van der Waals surface area contributed by atoms with E-state index in [1.165, 1.54) is 11.1 Å². The fourth-order valence-corrected chi connectivity index (χ4v) is 3.83. The third-order valence-electron chi connectivity index (χ3n) is 5.42. The van der Waals surface area contributed by atoms with Crippen LogP contribution in [-0.2, 0) is 23.8 Å². The van der Waals surface area contributed by atoms with Crippen molar-refractivity contribution < 1.29 is 33.1 Å². The number of nitro benzene ring substituents is 1. The van der Waals surface area contributed by atoms with Gasteiger partial charge >= 0.3 is 11.9 Å². The van der Waals surface area contributed by atoms with Crippen LogP contribution in [0.1, 0.15) is 32.3 Å². The normalized spacial score (nSPS) is 15.6. The molecule has 33 heavy (non-hydrogen) atoms. The summed E-state index contributed by atoms with van der Waals surface area (Å²) in [4.78, 5) is 39.5. The molecular weight excluding hydrogens is 437 g/mol. The van der Waals surface area contributed by atoms with Crippen LogP contribution >= 0.6 is 0 Å². The molecule has 0 radical (unpaired) electrons. The zero-order valence-electron chi connectivity index (χ0n) is 19.0. The van der Waals surface area contributed by atoms with Gasteiger partial charge in [0, 0.05) is 30.9 Å². The van der Waals surface area contributed by atoms with Crippen molar-refractivity contribution in [3.63, 3.8) is 0 Å². The number of halogens is 1. The maximum absolute atomic E-state index is 15.1. The third kappa shape index (κ3) is 5.41. The first-order valence-electron chi connectivity index (χ1n) is 10.9. The summed E-state index contributed by atoms with van der Waals surface area (Å²) in [5, 5.41) is 11.9. The second-order valence-electron chi connectivity index (χ2n) is 7.68. The third-order valence-corrected chi connectivity index (χ3v) is 5.42. The Morgan fingerprint density at radius 1 is 1.24 bits per heavy atom. The van der Waals surface area contributed by atoms with Crippen molar-refractivity contribution in [2.45, 2.75) is 39.7 Å². The quantitative estimate of drug-likeness (QED) is 0.136. The van der Waals surface area contributed by atoms with Crippen molar-refractivity contribution in [3.05, 3.63) is 39.3 Å². The van der Waals surface area contributed by atoms with Crippen LogP contribution in [0, 0.1) is 22.9 Å². The van der Waals surface area contributed by atoms with Crippen molar-refractivity contribution in [2.75, 3.05) is 49.3 Å². The second kappa shape index (κ2) is 10.6. The van der Waals surface area contributed by atoms with Crippen LogP contribution in [0.4, 0.5) is 21.5 Å². The highest BCUT2D eigenvalue weighted by Crippen LogP contribution is 2.44. The van der Waals surface area contributed by atoms with Crippen LogP contribution in [0.2, 0.25) is 0 Å². The molecule has 0 N–H and O–H groups in total. The number of esters is 2. The summed E-state index contributed by atoms with van der Waals surface area (Å²) in [6, 6.07) is 0.703. The summed E-state index contributed by atoms with van der Waals surface area (Å²) >= 11 is 0. The minimum Gasteiger partial charge on any atom is -0.462 e. The SMILES string of the molecule is CCOC(=O)C(=CN(c1c([N+](=O)[O-])cc(F)c(N2CCOCC2)c1C)C1CC1)C(=O)OCC. The molecule has 10 nitrogen and oxygen atoms in total. The summed E-state index contributed by atoms with van der Waals surface area (Å²) in [5.74, 6) is -2.49. The predicted octanol–water partition coefficient (Wildman–Crippen LogP) is 2.86. The van der Waals surface area contributed by atoms with Crippen LogP contribution in [0.25, 0.3) is 0 Å². The Hall–Kier alpha value is -3.21. The highest BCUT2D eigenvalue weighted by molar-refractivity contribution is 6.14. The molecule has 1 aliphatic carbocycles. The molecule has 1 aliphatic heterocycles. The molecule has 0 bridgehead atoms. The van der Waals surface area contributed by atoms with Crippen LogP contribution in [0.5, 0.6) is 0 Å². The number of hydrogen-bond acceptors (Lipinski definition) is 9. The van der Waals surface area contributed by atoms with Gasteiger partial charge in [0.1, 0.15) is 5.69 Å². The molecule has 0 unspecified atom stereocenters. The Morgan fingerprint density at radius 3 is 2.30 bits per heavy atom. The van der Waals surface area contributed by atoms with Gasteiger partial charge in [0.2, 0.25) is 0 Å². The Kier molecular flexibility index (Phi) is 7.85. The Bertz CT molecular complexity index is 936. The number of ether oxygens (including phenoxy) is 3. The van der Waals surface area contributed by atoms with Gasteiger partial charge in [0.05, 0.1) is 43.1 Å². The molecule has 3 rings (SSSR count). The molecule has 1 saturated heterocycles. The Morgan fingerprint density at radius 2 is 1.82 bits per heavy atom. The molecule has 1 aromatic carbocycles. The molecule has 2 fully saturated rings. The summed E-state index contributed by atoms with van der Waals surface area (Å²) in [5.41, 5.74) is -0.101. The van der Waals surface area contributed by atoms with E-state index in [0.717, 1.165) is 6.07 Å². The lowest BCUT2D eigenvalue weighted by molar-refractivity contribution is -0.384. The topological polar surface area (TPSA) is 111 Å². The van der Waals surface area contributed by atoms with Gasteiger partial charge in [-0.1, -0.05) is 0 Å². The number of anilines is 2. The van der Waals surface area contributed by atoms with Gasteiger partial charge in [-0.2, -0.15) is 0 Å². The first kappa shape index (κ1) is 24.4. The van der Waals surface area contributed by atoms with Crippen LogP contribution in [0.3, 0.4) is 0 Å². The van der Waals surface area contributed by atoms with Crippen molar-refractivity contribution in [1.29, 1.82) is 0 Å². The van der Waals surface area contributed by atoms with Gasteiger partial charge in [0.15, 0.2) is 11.4 Å². The average molecular weight is 465 g/mol. The van der Waals surface area contributed by atoms with E-state index in [0.29, 0.717) is 44.7 Å². The number of benzene rings is 1. The van der Waals surface area contributed by atoms with E-state index in [9.17, 15) is 19.7 Å². The van der Waals surface area contributed by atoms with Gasteiger partial charge < -0.3 is 24.0 Å². The first-order chi connectivity index (χ1) is 15.8. The molecule has 0 atom stereocenters. The molecule has 11 heteroatoms. The lowest BCUT2D eigenvalue weighted by Gasteiger charge is -2.32. The van der Waals surface area contributed by atoms with Crippen molar-refractivity contribution in [3.8, 4) is 0 Å². The maximum Gasteiger partial charge on any atom is 0.347 e. The Balaban J connectivity index is 2.18. The number of hydrogen-bond donors (Lipinski definition) is 0. The van der Waals surface area contributed by atoms with Crippen molar-refractivity contribution >= 4 is 29.0 Å². The number of nitro groups is 1. The highest BCUT2D eigenvalue weighted by atomic mass is 19.1. The van der Waals surface area contributed by atoms with Gasteiger partial charge in [-0.3, -0.25) is 10.1 Å². The van der Waals surface area contributed by atoms with Crippen LogP contribution in [0.15, 0.2) is 17.8 Å². The van der Waals surface area contributed by atoms with E-state index in [-0.39, 0.29) is 36.2 Å². The van der Waals surface area contributed by atoms with E-state index < -0.39 is 28.4 Å². The molecule has 0 spiro atoms. The standard InChI is InChI=1S/C22H28FN3O7/c1-4-32-21(27)16(22(28)33-5-2)13-25(15-6-7-15)20-14(3)19(24-8-10-31-11-9-24)17(23)12-18(20)26(29)30/h12-13,15H,4-11H2,1-3H3. The number of rotatable bonds is 9. The van der Waals surface area contributed by atoms with Crippen LogP contribution in [-0.4, -0.2) is 62.4 Å². The fraction of sp³-hybridized carbons (Fsp3) is 0.545. The predicted molar refractivity (Wildman–Crippen MR) is 118 cm³/mol. The summed E-state index contributed by atoms with van der Waals surface area (Å²) in [7, 11) is 0. The zero-order valence-corrected chi connectivity index (χ0v) is 19.0. The summed E-state index contributed by atoms with van der Waals surface area (Å²) < 4.78 is 30.4. The minimum atomic E-state index is -0.891. The summed E-state index contributed by atoms with van der Waals surface area (Å²) in [6.07, 6.45) is 2.62. The van der Waals surface area contributed by atoms with Crippen LogP contribution < -0.4 is 9.80 Å². The fourth-order valence-electron chi connectivity index (χ4n) is 3.83. The van der Waals surface area contributed by atoms with E-state index in [1.54, 1.807) is 25.7 Å². The largest absolute Gasteiger partial charge is 0.462 e. The van der Waals surface area contributed by atoms with E-state index in [2.05, 4.69) is 0 Å². The molecule has 0 aromatic heterocycles. The van der Waals surface area contributed by atoms with Gasteiger partial charge in [-0.25, -0.2) is 14.0 Å². The monoisotopic (exact) mass is 465 g/mol. The average Bonchev–Trinajstić information content (AvgIpc) is 3.61. The molecular formula is C22H28FN3O7. The summed E-state index contributed by atoms with van der Waals surface area (Å²) in [6.45, 7) is 6.57. The van der Waals surface area contributed by atoms with Crippen molar-refractivity contribution in [1.82, 2.24) is 0 Å². The molecule has 1 aromatic rings. The van der Waals surface area contributed by atoms with Gasteiger partial charge in [-0.05, 0) is 33.6 Å². The smallest absolute Gasteiger partial charge is 0.347 e. The number of morpholine rings is 1. The number of carbonyl (C=O) groups is 2. The molecule has 1 heterocycles. The van der Waals surface area contributed by atoms with E-state index in [4.69, 9.17) is 14.2 Å². The number of carbonyl (C=O) groups excluding carboxylic acids is 2. The lowest BCUT2D eigenvalue weighted by atomic mass is 10.1. The second-order valence-corrected chi connectivity index (χ2v) is 7.68. The molecule has 2 aliphatic rings. The zero-order chi connectivity index (χ0) is 24.1. The maximum atomic E-state index is 15.1. The molecule has 180 valence electrons. The molecule has 0 amide bonds. The van der Waals surface area contributed by atoms with Gasteiger partial charge in [-0.15, -0.1) is 0 Å². The highest BCUT2D eigenvalue weighted by Gasteiger charge is 2.37. The minimum absolute atomic E-state index is 0.0376. The Labute approximate surface area is 191 Å². The van der Waals surface area contributed by atoms with E-state index >= 15 is 4.39 Å². The van der Waals surface area contributed by atoms with E-state index in [1.807, 2.05) is 0 Å². The van der Waals surface area contributed by atoms with Crippen molar-refractivity contribution in [2.24, 2.45) is 0 Å². The first-order valence-corrected chi connectivity index (χ1v) is 10.9. The molecule has 1 saturated carbocycles.